The van der Waals surface area contributed by atoms with Gasteiger partial charge in [-0.15, -0.1) is 5.10 Å². The molecule has 0 saturated carbocycles. The highest BCUT2D eigenvalue weighted by Gasteiger charge is 2.39. The van der Waals surface area contributed by atoms with Crippen LogP contribution in [0.25, 0.3) is 0 Å². The van der Waals surface area contributed by atoms with Crippen molar-refractivity contribution in [3.63, 3.8) is 0 Å². The zero-order valence-electron chi connectivity index (χ0n) is 14.3. The number of anilines is 1. The van der Waals surface area contributed by atoms with Crippen molar-refractivity contribution in [3.8, 4) is 0 Å². The summed E-state index contributed by atoms with van der Waals surface area (Å²) in [5, 5.41) is 8.90. The molecule has 0 aliphatic carbocycles. The van der Waals surface area contributed by atoms with E-state index in [0.717, 1.165) is 15.8 Å². The minimum atomic E-state index is -4.76. The van der Waals surface area contributed by atoms with Crippen molar-refractivity contribution in [2.75, 3.05) is 5.32 Å². The number of amides is 1. The smallest absolute Gasteiger partial charge is 0.288 e. The van der Waals surface area contributed by atoms with Crippen LogP contribution in [0.2, 0.25) is 5.02 Å². The van der Waals surface area contributed by atoms with Gasteiger partial charge >= 0.3 is 6.18 Å². The second-order valence-corrected chi connectivity index (χ2v) is 6.22. The molecule has 0 saturated heterocycles. The number of hydrogen-bond donors (Lipinski definition) is 1. The van der Waals surface area contributed by atoms with Gasteiger partial charge in [0.1, 0.15) is 17.0 Å². The van der Waals surface area contributed by atoms with Crippen LogP contribution in [0.5, 0.6) is 0 Å². The molecule has 7 nitrogen and oxygen atoms in total. The third kappa shape index (κ3) is 4.11. The van der Waals surface area contributed by atoms with E-state index in [1.54, 1.807) is 0 Å². The first-order valence-electron chi connectivity index (χ1n) is 7.71. The van der Waals surface area contributed by atoms with E-state index in [4.69, 9.17) is 11.6 Å². The van der Waals surface area contributed by atoms with Crippen molar-refractivity contribution in [2.45, 2.75) is 19.6 Å². The summed E-state index contributed by atoms with van der Waals surface area (Å²) in [5.41, 5.74) is 0.345. The van der Waals surface area contributed by atoms with Crippen LogP contribution in [0.4, 0.5) is 19.1 Å². The van der Waals surface area contributed by atoms with Crippen molar-refractivity contribution in [1.29, 1.82) is 0 Å². The fourth-order valence-corrected chi connectivity index (χ4v) is 2.75. The van der Waals surface area contributed by atoms with E-state index in [9.17, 15) is 18.0 Å². The molecule has 0 unspecified atom stereocenters. The molecule has 11 heteroatoms. The maximum Gasteiger partial charge on any atom is 0.436 e. The average Bonchev–Trinajstić information content (AvgIpc) is 3.13. The number of rotatable bonds is 4. The van der Waals surface area contributed by atoms with Gasteiger partial charge < -0.3 is 0 Å². The molecule has 0 fully saturated rings. The summed E-state index contributed by atoms with van der Waals surface area (Å²) in [5.74, 6) is -0.948. The SMILES string of the molecule is Cc1ccc(Cn2cnc(NC(=O)c3c(Cl)c(C(F)(F)F)nn3C)n2)cc1. The second-order valence-electron chi connectivity index (χ2n) is 5.84. The maximum absolute atomic E-state index is 12.8. The molecule has 1 aromatic carbocycles. The van der Waals surface area contributed by atoms with E-state index < -0.39 is 28.5 Å². The van der Waals surface area contributed by atoms with E-state index in [2.05, 4.69) is 20.5 Å². The lowest BCUT2D eigenvalue weighted by Crippen LogP contribution is -2.17. The van der Waals surface area contributed by atoms with E-state index in [1.807, 2.05) is 31.2 Å². The Morgan fingerprint density at radius 1 is 1.22 bits per heavy atom. The van der Waals surface area contributed by atoms with Crippen LogP contribution < -0.4 is 5.32 Å². The molecule has 2 aromatic heterocycles. The van der Waals surface area contributed by atoms with Crippen molar-refractivity contribution in [1.82, 2.24) is 24.5 Å². The quantitative estimate of drug-likeness (QED) is 0.731. The molecule has 1 amide bonds. The van der Waals surface area contributed by atoms with E-state index in [0.29, 0.717) is 6.54 Å². The molecule has 142 valence electrons. The predicted octanol–water partition coefficient (Wildman–Crippen LogP) is 3.29. The number of carbonyl (C=O) groups excluding carboxylic acids is 1. The van der Waals surface area contributed by atoms with Crippen LogP contribution in [0, 0.1) is 6.92 Å². The van der Waals surface area contributed by atoms with Crippen molar-refractivity contribution < 1.29 is 18.0 Å². The maximum atomic E-state index is 12.8. The molecular weight excluding hydrogens is 385 g/mol. The fourth-order valence-electron chi connectivity index (χ4n) is 2.40. The first kappa shape index (κ1) is 18.9. The molecule has 0 atom stereocenters. The van der Waals surface area contributed by atoms with Gasteiger partial charge in [0.15, 0.2) is 5.69 Å². The lowest BCUT2D eigenvalue weighted by atomic mass is 10.1. The van der Waals surface area contributed by atoms with E-state index in [-0.39, 0.29) is 5.95 Å². The van der Waals surface area contributed by atoms with Gasteiger partial charge in [-0.1, -0.05) is 41.4 Å². The van der Waals surface area contributed by atoms with Crippen LogP contribution in [0.15, 0.2) is 30.6 Å². The molecule has 0 spiro atoms. The Balaban J connectivity index is 1.75. The number of alkyl halides is 3. The van der Waals surface area contributed by atoms with E-state index in [1.165, 1.54) is 18.1 Å². The van der Waals surface area contributed by atoms with Gasteiger partial charge in [-0.25, -0.2) is 9.67 Å². The van der Waals surface area contributed by atoms with Gasteiger partial charge in [0.2, 0.25) is 5.95 Å². The second kappa shape index (κ2) is 7.03. The average molecular weight is 399 g/mol. The fraction of sp³-hybridized carbons (Fsp3) is 0.250. The molecular formula is C16H14ClF3N6O. The van der Waals surface area contributed by atoms with E-state index >= 15 is 0 Å². The Kier molecular flexibility index (Phi) is 4.92. The molecule has 0 aliphatic heterocycles. The molecule has 0 bridgehead atoms. The van der Waals surface area contributed by atoms with Crippen LogP contribution in [-0.4, -0.2) is 30.5 Å². The number of halogens is 4. The molecule has 3 rings (SSSR count). The predicted molar refractivity (Wildman–Crippen MR) is 91.5 cm³/mol. The first-order chi connectivity index (χ1) is 12.6. The third-order valence-electron chi connectivity index (χ3n) is 3.70. The van der Waals surface area contributed by atoms with Crippen molar-refractivity contribution in [3.05, 3.63) is 58.1 Å². The first-order valence-corrected chi connectivity index (χ1v) is 8.09. The number of hydrogen-bond acceptors (Lipinski definition) is 4. The number of aryl methyl sites for hydroxylation is 2. The Hall–Kier alpha value is -2.88. The topological polar surface area (TPSA) is 77.6 Å². The minimum absolute atomic E-state index is 0.0575. The molecule has 0 radical (unpaired) electrons. The summed E-state index contributed by atoms with van der Waals surface area (Å²) in [7, 11) is 1.19. The van der Waals surface area contributed by atoms with Gasteiger partial charge in [0.25, 0.3) is 5.91 Å². The van der Waals surface area contributed by atoms with Crippen LogP contribution in [0.1, 0.15) is 27.3 Å². The number of nitrogens with one attached hydrogen (secondary N) is 1. The van der Waals surface area contributed by atoms with Crippen LogP contribution in [0.3, 0.4) is 0 Å². The molecule has 0 aliphatic rings. The Labute approximate surface area is 156 Å². The highest BCUT2D eigenvalue weighted by molar-refractivity contribution is 6.34. The number of carbonyl (C=O) groups is 1. The van der Waals surface area contributed by atoms with Gasteiger partial charge in [0, 0.05) is 7.05 Å². The summed E-state index contributed by atoms with van der Waals surface area (Å²) in [4.78, 5) is 16.2. The zero-order valence-corrected chi connectivity index (χ0v) is 15.0. The Morgan fingerprint density at radius 2 is 1.89 bits per heavy atom. The normalized spacial score (nSPS) is 11.6. The van der Waals surface area contributed by atoms with Crippen LogP contribution in [-0.2, 0) is 19.8 Å². The standard InChI is InChI=1S/C16H14ClF3N6O/c1-9-3-5-10(6-4-9)7-26-8-21-15(24-26)22-14(27)12-11(17)13(16(18,19)20)23-25(12)2/h3-6,8H,7H2,1-2H3,(H,22,24,27). The highest BCUT2D eigenvalue weighted by atomic mass is 35.5. The summed E-state index contributed by atoms with van der Waals surface area (Å²) in [6.45, 7) is 2.40. The summed E-state index contributed by atoms with van der Waals surface area (Å²) < 4.78 is 40.8. The lowest BCUT2D eigenvalue weighted by Gasteiger charge is -2.03. The summed E-state index contributed by atoms with van der Waals surface area (Å²) in [6, 6.07) is 7.78. The number of nitrogens with zero attached hydrogens (tertiary/aromatic N) is 5. The van der Waals surface area contributed by atoms with Crippen molar-refractivity contribution in [2.24, 2.45) is 7.05 Å². The minimum Gasteiger partial charge on any atom is -0.288 e. The Bertz CT molecular complexity index is 977. The van der Waals surface area contributed by atoms with Gasteiger partial charge in [-0.05, 0) is 12.5 Å². The lowest BCUT2D eigenvalue weighted by molar-refractivity contribution is -0.141. The van der Waals surface area contributed by atoms with Crippen molar-refractivity contribution >= 4 is 23.5 Å². The molecule has 27 heavy (non-hydrogen) atoms. The summed E-state index contributed by atoms with van der Waals surface area (Å²) in [6.07, 6.45) is -3.36. The molecule has 1 N–H and O–H groups in total. The number of aromatic nitrogens is 5. The monoisotopic (exact) mass is 398 g/mol. The van der Waals surface area contributed by atoms with Gasteiger partial charge in [0.05, 0.1) is 6.54 Å². The summed E-state index contributed by atoms with van der Waals surface area (Å²) >= 11 is 5.69. The number of benzene rings is 1. The largest absolute Gasteiger partial charge is 0.436 e. The zero-order chi connectivity index (χ0) is 19.8. The molecule has 3 aromatic rings. The highest BCUT2D eigenvalue weighted by Crippen LogP contribution is 2.35. The third-order valence-corrected chi connectivity index (χ3v) is 4.06. The Morgan fingerprint density at radius 3 is 2.48 bits per heavy atom. The van der Waals surface area contributed by atoms with Gasteiger partial charge in [-0.2, -0.15) is 18.3 Å². The van der Waals surface area contributed by atoms with Gasteiger partial charge in [-0.3, -0.25) is 14.8 Å². The molecule has 2 heterocycles. The van der Waals surface area contributed by atoms with Crippen LogP contribution >= 0.6 is 11.6 Å².